The van der Waals surface area contributed by atoms with E-state index in [4.69, 9.17) is 14.2 Å². The summed E-state index contributed by atoms with van der Waals surface area (Å²) in [6.45, 7) is 2.00. The van der Waals surface area contributed by atoms with Crippen LogP contribution in [-0.4, -0.2) is 31.6 Å². The number of anilines is 1. The zero-order valence-electron chi connectivity index (χ0n) is 20.8. The first-order valence-electron chi connectivity index (χ1n) is 12.6. The van der Waals surface area contributed by atoms with E-state index in [1.54, 1.807) is 0 Å². The molecule has 2 N–H and O–H groups in total. The number of aryl methyl sites for hydroxylation is 1. The lowest BCUT2D eigenvalue weighted by molar-refractivity contribution is -0.116. The molecule has 1 amide bonds. The molecule has 6 rings (SSSR count). The average Bonchev–Trinajstić information content (AvgIpc) is 3.51. The fourth-order valence-corrected chi connectivity index (χ4v) is 7.13. The van der Waals surface area contributed by atoms with Gasteiger partial charge >= 0.3 is 5.97 Å². The number of amides is 1. The number of hydrogen-bond acceptors (Lipinski definition) is 8. The van der Waals surface area contributed by atoms with Crippen LogP contribution in [0.4, 0.5) is 5.00 Å². The molecule has 1 aromatic carbocycles. The van der Waals surface area contributed by atoms with Crippen LogP contribution in [0.15, 0.2) is 40.7 Å². The van der Waals surface area contributed by atoms with Crippen LogP contribution in [-0.2, 0) is 27.2 Å². The summed E-state index contributed by atoms with van der Waals surface area (Å²) in [5.74, 6) is -0.0766. The van der Waals surface area contributed by atoms with Crippen LogP contribution in [0.25, 0.3) is 0 Å². The molecule has 192 valence electrons. The molecule has 9 heteroatoms. The van der Waals surface area contributed by atoms with Crippen molar-refractivity contribution in [3.63, 3.8) is 0 Å². The number of benzene rings is 1. The van der Waals surface area contributed by atoms with E-state index in [0.29, 0.717) is 45.3 Å². The van der Waals surface area contributed by atoms with E-state index in [-0.39, 0.29) is 18.5 Å². The number of ketones is 1. The van der Waals surface area contributed by atoms with E-state index < -0.39 is 11.9 Å². The maximum absolute atomic E-state index is 14.0. The molecule has 4 aliphatic rings. The number of ether oxygens (including phenoxy) is 3. The fraction of sp³-hybridized carbons (Fsp3) is 0.393. The van der Waals surface area contributed by atoms with Crippen LogP contribution in [0.1, 0.15) is 71.3 Å². The minimum atomic E-state index is -0.560. The Labute approximate surface area is 218 Å². The molecule has 1 atom stereocenters. The highest BCUT2D eigenvalue weighted by atomic mass is 32.1. The Morgan fingerprint density at radius 3 is 2.73 bits per heavy atom. The third-order valence-corrected chi connectivity index (χ3v) is 8.75. The summed E-state index contributed by atoms with van der Waals surface area (Å²) in [4.78, 5) is 41.1. The Morgan fingerprint density at radius 2 is 1.89 bits per heavy atom. The zero-order chi connectivity index (χ0) is 25.7. The third-order valence-electron chi connectivity index (χ3n) is 7.54. The molecule has 8 nitrogen and oxygen atoms in total. The van der Waals surface area contributed by atoms with Gasteiger partial charge in [0.05, 0.1) is 12.7 Å². The molecule has 0 radical (unpaired) electrons. The van der Waals surface area contributed by atoms with Gasteiger partial charge in [-0.15, -0.1) is 11.3 Å². The van der Waals surface area contributed by atoms with E-state index in [0.717, 1.165) is 60.2 Å². The second-order valence-corrected chi connectivity index (χ2v) is 10.8. The second-order valence-electron chi connectivity index (χ2n) is 9.74. The smallest absolute Gasteiger partial charge is 0.341 e. The summed E-state index contributed by atoms with van der Waals surface area (Å²) in [5.41, 5.74) is 4.85. The van der Waals surface area contributed by atoms with Crippen molar-refractivity contribution >= 4 is 34.0 Å². The number of nitrogens with one attached hydrogen (secondary N) is 2. The van der Waals surface area contributed by atoms with Crippen molar-refractivity contribution in [3.8, 4) is 11.5 Å². The Balaban J connectivity index is 1.43. The summed E-state index contributed by atoms with van der Waals surface area (Å²) < 4.78 is 16.2. The predicted molar refractivity (Wildman–Crippen MR) is 138 cm³/mol. The van der Waals surface area contributed by atoms with E-state index in [1.165, 1.54) is 18.4 Å². The summed E-state index contributed by atoms with van der Waals surface area (Å²) >= 11 is 1.44. The van der Waals surface area contributed by atoms with Gasteiger partial charge in [0, 0.05) is 39.8 Å². The number of allylic oxidation sites excluding steroid dienone is 3. The number of carbonyl (C=O) groups excluding carboxylic acids is 3. The molecule has 0 spiro atoms. The number of rotatable bonds is 4. The molecule has 0 saturated carbocycles. The van der Waals surface area contributed by atoms with Gasteiger partial charge in [0.2, 0.25) is 6.79 Å². The van der Waals surface area contributed by atoms with Gasteiger partial charge in [-0.1, -0.05) is 6.07 Å². The molecule has 2 aromatic rings. The van der Waals surface area contributed by atoms with E-state index in [2.05, 4.69) is 10.6 Å². The van der Waals surface area contributed by atoms with E-state index >= 15 is 0 Å². The Morgan fingerprint density at radius 1 is 1.08 bits per heavy atom. The molecule has 0 saturated heterocycles. The van der Waals surface area contributed by atoms with E-state index in [9.17, 15) is 14.4 Å². The number of fused-ring (bicyclic) bond motifs is 2. The number of Topliss-reactive ketones (excluding diaryl/α,β-unsaturated/α-hetero) is 1. The number of esters is 1. The SMILES string of the molecule is COC(=O)c1c(NC(=O)C2=C(C)NC3=C(C(=O)CCC3)[C@@H]2c2ccc3c(c2)OCO3)sc2c1CCCC2. The van der Waals surface area contributed by atoms with Crippen LogP contribution in [0.2, 0.25) is 0 Å². The van der Waals surface area contributed by atoms with Crippen molar-refractivity contribution in [1.82, 2.24) is 5.32 Å². The quantitative estimate of drug-likeness (QED) is 0.561. The topological polar surface area (TPSA) is 103 Å². The van der Waals surface area contributed by atoms with Crippen LogP contribution in [0.3, 0.4) is 0 Å². The summed E-state index contributed by atoms with van der Waals surface area (Å²) in [6.07, 6.45) is 5.70. The number of thiophene rings is 1. The van der Waals surface area contributed by atoms with Gasteiger partial charge in [-0.05, 0) is 68.7 Å². The largest absolute Gasteiger partial charge is 0.465 e. The molecule has 0 bridgehead atoms. The molecule has 0 unspecified atom stereocenters. The standard InChI is InChI=1S/C28H28N2O6S/c1-14-22(26(32)30-27-24(28(33)34-2)16-6-3-4-9-21(16)37-27)23(25-17(29-14)7-5-8-18(25)31)15-10-11-19-20(12-15)36-13-35-19/h10-12,23,29H,3-9,13H2,1-2H3,(H,30,32)/t23-/m1/s1. The fourth-order valence-electron chi connectivity index (χ4n) is 5.85. The minimum Gasteiger partial charge on any atom is -0.465 e. The molecular weight excluding hydrogens is 492 g/mol. The first kappa shape index (κ1) is 23.8. The molecule has 3 heterocycles. The lowest BCUT2D eigenvalue weighted by Gasteiger charge is -2.34. The first-order chi connectivity index (χ1) is 18.0. The van der Waals surface area contributed by atoms with Gasteiger partial charge in [-0.25, -0.2) is 4.79 Å². The Bertz CT molecular complexity index is 1400. The molecular formula is C28H28N2O6S. The Hall–Kier alpha value is -3.59. The van der Waals surface area contributed by atoms with Crippen molar-refractivity contribution in [2.24, 2.45) is 0 Å². The highest BCUT2D eigenvalue weighted by Gasteiger charge is 2.39. The molecule has 37 heavy (non-hydrogen) atoms. The van der Waals surface area contributed by atoms with Gasteiger partial charge in [0.25, 0.3) is 5.91 Å². The molecule has 2 aliphatic heterocycles. The van der Waals surface area contributed by atoms with Gasteiger partial charge in [-0.2, -0.15) is 0 Å². The maximum atomic E-state index is 14.0. The van der Waals surface area contributed by atoms with Crippen LogP contribution < -0.4 is 20.1 Å². The number of hydrogen-bond donors (Lipinski definition) is 2. The normalized spacial score (nSPS) is 20.3. The van der Waals surface area contributed by atoms with Gasteiger partial charge in [0.15, 0.2) is 17.3 Å². The van der Waals surface area contributed by atoms with Crippen LogP contribution in [0.5, 0.6) is 11.5 Å². The van der Waals surface area contributed by atoms with Crippen molar-refractivity contribution < 1.29 is 28.6 Å². The summed E-state index contributed by atoms with van der Waals surface area (Å²) in [7, 11) is 1.36. The third kappa shape index (κ3) is 4.01. The van der Waals surface area contributed by atoms with Crippen molar-refractivity contribution in [2.75, 3.05) is 19.2 Å². The second kappa shape index (κ2) is 9.37. The van der Waals surface area contributed by atoms with Gasteiger partial charge in [0.1, 0.15) is 5.00 Å². The van der Waals surface area contributed by atoms with Crippen molar-refractivity contribution in [2.45, 2.75) is 57.8 Å². The summed E-state index contributed by atoms with van der Waals surface area (Å²) in [6, 6.07) is 5.57. The van der Waals surface area contributed by atoms with Crippen LogP contribution >= 0.6 is 11.3 Å². The van der Waals surface area contributed by atoms with Crippen molar-refractivity contribution in [1.29, 1.82) is 0 Å². The number of dihydropyridines is 1. The Kier molecular flexibility index (Phi) is 6.03. The lowest BCUT2D eigenvalue weighted by atomic mass is 9.75. The molecule has 0 fully saturated rings. The van der Waals surface area contributed by atoms with Crippen molar-refractivity contribution in [3.05, 3.63) is 62.3 Å². The zero-order valence-corrected chi connectivity index (χ0v) is 21.6. The lowest BCUT2D eigenvalue weighted by Crippen LogP contribution is -2.35. The first-order valence-corrected chi connectivity index (χ1v) is 13.5. The van der Waals surface area contributed by atoms with Gasteiger partial charge < -0.3 is 24.8 Å². The average molecular weight is 521 g/mol. The van der Waals surface area contributed by atoms with E-state index in [1.807, 2.05) is 25.1 Å². The van der Waals surface area contributed by atoms with Gasteiger partial charge in [-0.3, -0.25) is 9.59 Å². The monoisotopic (exact) mass is 520 g/mol. The number of carbonyl (C=O) groups is 3. The molecule has 2 aliphatic carbocycles. The predicted octanol–water partition coefficient (Wildman–Crippen LogP) is 4.75. The minimum absolute atomic E-state index is 0.0380. The summed E-state index contributed by atoms with van der Waals surface area (Å²) in [5, 5.41) is 6.89. The number of methoxy groups -OCH3 is 1. The van der Waals surface area contributed by atoms with Crippen LogP contribution in [0, 0.1) is 0 Å². The maximum Gasteiger partial charge on any atom is 0.341 e. The molecule has 1 aromatic heterocycles. The highest BCUT2D eigenvalue weighted by Crippen LogP contribution is 2.46. The highest BCUT2D eigenvalue weighted by molar-refractivity contribution is 7.17.